The van der Waals surface area contributed by atoms with E-state index in [1.54, 1.807) is 11.0 Å². The van der Waals surface area contributed by atoms with Crippen molar-refractivity contribution in [3.8, 4) is 11.5 Å². The summed E-state index contributed by atoms with van der Waals surface area (Å²) >= 11 is 3.50. The Morgan fingerprint density at radius 2 is 1.91 bits per heavy atom. The number of carbonyl (C=O) groups excluding carboxylic acids is 2. The summed E-state index contributed by atoms with van der Waals surface area (Å²) in [4.78, 5) is 25.7. The van der Waals surface area contributed by atoms with Crippen LogP contribution in [0, 0.1) is 0 Å². The molecule has 0 unspecified atom stereocenters. The number of hydrogen-bond donors (Lipinski definition) is 0. The SMILES string of the molecule is COC(=O)Cc1cccc(Oc2ccc(Br)cc2CN2C[C@@H](c3ccccc3)OC2=O)c1. The second kappa shape index (κ2) is 9.87. The molecule has 0 aromatic heterocycles. The lowest BCUT2D eigenvalue weighted by atomic mass is 10.1. The predicted octanol–water partition coefficient (Wildman–Crippen LogP) is 5.65. The number of nitrogens with zero attached hydrogens (tertiary/aromatic N) is 1. The highest BCUT2D eigenvalue weighted by Crippen LogP contribution is 2.33. The Balaban J connectivity index is 1.51. The van der Waals surface area contributed by atoms with Crippen molar-refractivity contribution in [2.24, 2.45) is 0 Å². The minimum absolute atomic E-state index is 0.168. The summed E-state index contributed by atoms with van der Waals surface area (Å²) in [5.74, 6) is 0.910. The molecule has 1 heterocycles. The van der Waals surface area contributed by atoms with Gasteiger partial charge in [-0.1, -0.05) is 58.4 Å². The summed E-state index contributed by atoms with van der Waals surface area (Å²) in [5, 5.41) is 0. The van der Waals surface area contributed by atoms with Gasteiger partial charge in [-0.15, -0.1) is 0 Å². The van der Waals surface area contributed by atoms with Crippen LogP contribution >= 0.6 is 15.9 Å². The Morgan fingerprint density at radius 3 is 2.69 bits per heavy atom. The first kappa shape index (κ1) is 21.9. The van der Waals surface area contributed by atoms with Gasteiger partial charge in [0.2, 0.25) is 0 Å². The van der Waals surface area contributed by atoms with E-state index in [9.17, 15) is 9.59 Å². The standard InChI is InChI=1S/C25H22BrNO5/c1-30-24(28)13-17-6-5-9-21(12-17)31-22-11-10-20(26)14-19(22)15-27-16-23(32-25(27)29)18-7-3-2-4-8-18/h2-12,14,23H,13,15-16H2,1H3/t23-/m0/s1. The van der Waals surface area contributed by atoms with Crippen molar-refractivity contribution in [2.45, 2.75) is 19.1 Å². The highest BCUT2D eigenvalue weighted by molar-refractivity contribution is 9.10. The summed E-state index contributed by atoms with van der Waals surface area (Å²) in [5.41, 5.74) is 2.60. The first-order chi connectivity index (χ1) is 15.5. The molecule has 164 valence electrons. The molecule has 1 saturated heterocycles. The summed E-state index contributed by atoms with van der Waals surface area (Å²) in [7, 11) is 1.36. The maximum absolute atomic E-state index is 12.5. The molecule has 0 saturated carbocycles. The first-order valence-electron chi connectivity index (χ1n) is 10.1. The van der Waals surface area contributed by atoms with Crippen LogP contribution in [-0.4, -0.2) is 30.6 Å². The molecule has 1 aliphatic heterocycles. The van der Waals surface area contributed by atoms with Gasteiger partial charge in [0.1, 0.15) is 17.6 Å². The topological polar surface area (TPSA) is 65.1 Å². The quantitative estimate of drug-likeness (QED) is 0.396. The van der Waals surface area contributed by atoms with Gasteiger partial charge < -0.3 is 14.2 Å². The third-order valence-corrected chi connectivity index (χ3v) is 5.64. The van der Waals surface area contributed by atoms with Crippen molar-refractivity contribution < 1.29 is 23.8 Å². The van der Waals surface area contributed by atoms with Gasteiger partial charge >= 0.3 is 12.1 Å². The predicted molar refractivity (Wildman–Crippen MR) is 122 cm³/mol. The maximum Gasteiger partial charge on any atom is 0.410 e. The third-order valence-electron chi connectivity index (χ3n) is 5.14. The molecule has 3 aromatic carbocycles. The molecule has 32 heavy (non-hydrogen) atoms. The van der Waals surface area contributed by atoms with Crippen LogP contribution in [0.1, 0.15) is 22.8 Å². The van der Waals surface area contributed by atoms with E-state index in [1.165, 1.54) is 7.11 Å². The van der Waals surface area contributed by atoms with Gasteiger partial charge in [0.15, 0.2) is 0 Å². The molecule has 1 atom stereocenters. The molecule has 4 rings (SSSR count). The molecule has 7 heteroatoms. The van der Waals surface area contributed by atoms with Gasteiger partial charge in [-0.2, -0.15) is 0 Å². The molecule has 3 aromatic rings. The monoisotopic (exact) mass is 495 g/mol. The fourth-order valence-corrected chi connectivity index (χ4v) is 3.95. The van der Waals surface area contributed by atoms with Crippen molar-refractivity contribution in [3.63, 3.8) is 0 Å². The zero-order chi connectivity index (χ0) is 22.5. The van der Waals surface area contributed by atoms with Gasteiger partial charge in [-0.05, 0) is 41.5 Å². The number of carbonyl (C=O) groups is 2. The molecule has 1 aliphatic rings. The molecule has 0 spiro atoms. The van der Waals surface area contributed by atoms with Gasteiger partial charge in [0, 0.05) is 10.0 Å². The van der Waals surface area contributed by atoms with E-state index >= 15 is 0 Å². The Labute approximate surface area is 194 Å². The molecule has 0 radical (unpaired) electrons. The van der Waals surface area contributed by atoms with Gasteiger partial charge in [0.05, 0.1) is 26.6 Å². The number of halogens is 1. The molecular weight excluding hydrogens is 474 g/mol. The number of benzene rings is 3. The van der Waals surface area contributed by atoms with E-state index < -0.39 is 0 Å². The van der Waals surface area contributed by atoms with Crippen LogP contribution in [0.3, 0.4) is 0 Å². The molecule has 0 bridgehead atoms. The van der Waals surface area contributed by atoms with Crippen molar-refractivity contribution in [1.82, 2.24) is 4.90 Å². The van der Waals surface area contributed by atoms with E-state index in [1.807, 2.05) is 66.7 Å². The number of rotatable bonds is 7. The lowest BCUT2D eigenvalue weighted by Crippen LogP contribution is -2.24. The van der Waals surface area contributed by atoms with Gasteiger partial charge in [-0.25, -0.2) is 4.79 Å². The van der Waals surface area contributed by atoms with Crippen LogP contribution in [0.2, 0.25) is 0 Å². The van der Waals surface area contributed by atoms with E-state index in [0.29, 0.717) is 24.6 Å². The summed E-state index contributed by atoms with van der Waals surface area (Å²) in [6, 6.07) is 22.7. The number of ether oxygens (including phenoxy) is 3. The third kappa shape index (κ3) is 5.29. The second-order valence-corrected chi connectivity index (χ2v) is 8.33. The number of methoxy groups -OCH3 is 1. The van der Waals surface area contributed by atoms with Gasteiger partial charge in [-0.3, -0.25) is 9.69 Å². The van der Waals surface area contributed by atoms with Crippen LogP contribution in [0.25, 0.3) is 0 Å². The largest absolute Gasteiger partial charge is 0.469 e. The lowest BCUT2D eigenvalue weighted by molar-refractivity contribution is -0.139. The normalized spacial score (nSPS) is 15.4. The van der Waals surface area contributed by atoms with Crippen molar-refractivity contribution in [2.75, 3.05) is 13.7 Å². The van der Waals surface area contributed by atoms with Crippen LogP contribution in [-0.2, 0) is 27.2 Å². The van der Waals surface area contributed by atoms with E-state index in [0.717, 1.165) is 21.2 Å². The zero-order valence-corrected chi connectivity index (χ0v) is 19.1. The minimum atomic E-state index is -0.357. The van der Waals surface area contributed by atoms with E-state index in [-0.39, 0.29) is 24.6 Å². The summed E-state index contributed by atoms with van der Waals surface area (Å²) < 4.78 is 17.3. The number of amides is 1. The van der Waals surface area contributed by atoms with Crippen molar-refractivity contribution >= 4 is 28.0 Å². The first-order valence-corrected chi connectivity index (χ1v) is 10.9. The number of esters is 1. The second-order valence-electron chi connectivity index (χ2n) is 7.42. The molecule has 1 fully saturated rings. The smallest absolute Gasteiger partial charge is 0.410 e. The molecule has 6 nitrogen and oxygen atoms in total. The van der Waals surface area contributed by atoms with Crippen LogP contribution in [0.4, 0.5) is 4.79 Å². The van der Waals surface area contributed by atoms with Crippen LogP contribution < -0.4 is 4.74 Å². The summed E-state index contributed by atoms with van der Waals surface area (Å²) in [6.45, 7) is 0.808. The Bertz CT molecular complexity index is 1120. The summed E-state index contributed by atoms with van der Waals surface area (Å²) in [6.07, 6.45) is -0.485. The lowest BCUT2D eigenvalue weighted by Gasteiger charge is -2.17. The van der Waals surface area contributed by atoms with Crippen LogP contribution in [0.15, 0.2) is 77.3 Å². The fraction of sp³-hybridized carbons (Fsp3) is 0.200. The Kier molecular flexibility index (Phi) is 6.75. The van der Waals surface area contributed by atoms with E-state index in [2.05, 4.69) is 15.9 Å². The number of cyclic esters (lactones) is 1. The van der Waals surface area contributed by atoms with Crippen molar-refractivity contribution in [3.05, 3.63) is 94.0 Å². The van der Waals surface area contributed by atoms with E-state index in [4.69, 9.17) is 14.2 Å². The maximum atomic E-state index is 12.5. The van der Waals surface area contributed by atoms with Crippen molar-refractivity contribution in [1.29, 1.82) is 0 Å². The Hall–Kier alpha value is -3.32. The highest BCUT2D eigenvalue weighted by Gasteiger charge is 2.32. The molecular formula is C25H22BrNO5. The fourth-order valence-electron chi connectivity index (χ4n) is 3.54. The Morgan fingerprint density at radius 1 is 1.09 bits per heavy atom. The average Bonchev–Trinajstić information content (AvgIpc) is 3.16. The van der Waals surface area contributed by atoms with Gasteiger partial charge in [0.25, 0.3) is 0 Å². The minimum Gasteiger partial charge on any atom is -0.469 e. The average molecular weight is 496 g/mol. The molecule has 0 aliphatic carbocycles. The molecule has 1 amide bonds. The highest BCUT2D eigenvalue weighted by atomic mass is 79.9. The number of hydrogen-bond acceptors (Lipinski definition) is 5. The molecule has 0 N–H and O–H groups in total. The van der Waals surface area contributed by atoms with Crippen LogP contribution in [0.5, 0.6) is 11.5 Å². The zero-order valence-electron chi connectivity index (χ0n) is 17.5.